The van der Waals surface area contributed by atoms with Gasteiger partial charge in [0.2, 0.25) is 9.84 Å². The summed E-state index contributed by atoms with van der Waals surface area (Å²) in [5, 5.41) is 0. The normalized spacial score (nSPS) is 17.9. The first-order valence-electron chi connectivity index (χ1n) is 7.96. The average Bonchev–Trinajstić information content (AvgIpc) is 3.11. The Kier molecular flexibility index (Phi) is 4.94. The SMILES string of the molecule is COc1ccc([C@H]2CCCN2c2ccc(S(=O)(=O)C(F)F)cc2)cc1. The Morgan fingerprint density at radius 1 is 1.08 bits per heavy atom. The smallest absolute Gasteiger partial charge is 0.341 e. The molecular formula is C18H19F2NO3S. The average molecular weight is 367 g/mol. The molecule has 0 aromatic heterocycles. The summed E-state index contributed by atoms with van der Waals surface area (Å²) in [6, 6.07) is 13.7. The highest BCUT2D eigenvalue weighted by Gasteiger charge is 2.29. The van der Waals surface area contributed by atoms with Crippen molar-refractivity contribution in [3.63, 3.8) is 0 Å². The number of sulfone groups is 1. The molecule has 0 N–H and O–H groups in total. The molecule has 1 aliphatic heterocycles. The fraction of sp³-hybridized carbons (Fsp3) is 0.333. The van der Waals surface area contributed by atoms with Crippen LogP contribution in [-0.4, -0.2) is 27.8 Å². The highest BCUT2D eigenvalue weighted by molar-refractivity contribution is 7.91. The second kappa shape index (κ2) is 7.00. The van der Waals surface area contributed by atoms with Crippen molar-refractivity contribution in [3.05, 3.63) is 54.1 Å². The van der Waals surface area contributed by atoms with Gasteiger partial charge in [-0.2, -0.15) is 8.78 Å². The number of nitrogens with zero attached hydrogens (tertiary/aromatic N) is 1. The molecule has 134 valence electrons. The molecular weight excluding hydrogens is 348 g/mol. The van der Waals surface area contributed by atoms with Gasteiger partial charge in [0.25, 0.3) is 0 Å². The molecule has 1 fully saturated rings. The molecule has 1 heterocycles. The number of anilines is 1. The molecule has 7 heteroatoms. The van der Waals surface area contributed by atoms with Crippen molar-refractivity contribution in [2.24, 2.45) is 0 Å². The zero-order valence-electron chi connectivity index (χ0n) is 13.7. The number of hydrogen-bond donors (Lipinski definition) is 0. The Balaban J connectivity index is 1.85. The van der Waals surface area contributed by atoms with Crippen molar-refractivity contribution >= 4 is 15.5 Å². The predicted octanol–water partition coefficient (Wildman–Crippen LogP) is 4.03. The fourth-order valence-electron chi connectivity index (χ4n) is 3.18. The van der Waals surface area contributed by atoms with Gasteiger partial charge in [0.05, 0.1) is 18.0 Å². The van der Waals surface area contributed by atoms with E-state index in [2.05, 4.69) is 4.90 Å². The monoisotopic (exact) mass is 367 g/mol. The van der Waals surface area contributed by atoms with E-state index in [0.717, 1.165) is 36.4 Å². The third-order valence-electron chi connectivity index (χ3n) is 4.48. The first kappa shape index (κ1) is 17.7. The van der Waals surface area contributed by atoms with Gasteiger partial charge in [-0.3, -0.25) is 0 Å². The lowest BCUT2D eigenvalue weighted by atomic mass is 10.0. The molecule has 2 aromatic rings. The molecule has 0 spiro atoms. The highest BCUT2D eigenvalue weighted by Crippen LogP contribution is 2.37. The Bertz CT molecular complexity index is 820. The van der Waals surface area contributed by atoms with E-state index in [9.17, 15) is 17.2 Å². The van der Waals surface area contributed by atoms with Gasteiger partial charge in [-0.05, 0) is 54.8 Å². The van der Waals surface area contributed by atoms with Crippen molar-refractivity contribution in [1.29, 1.82) is 0 Å². The lowest BCUT2D eigenvalue weighted by Crippen LogP contribution is -2.22. The van der Waals surface area contributed by atoms with Crippen molar-refractivity contribution < 1.29 is 21.9 Å². The molecule has 0 amide bonds. The third-order valence-corrected chi connectivity index (χ3v) is 5.88. The van der Waals surface area contributed by atoms with Gasteiger partial charge >= 0.3 is 5.76 Å². The minimum Gasteiger partial charge on any atom is -0.497 e. The summed E-state index contributed by atoms with van der Waals surface area (Å²) >= 11 is 0. The quantitative estimate of drug-likeness (QED) is 0.800. The summed E-state index contributed by atoms with van der Waals surface area (Å²) in [4.78, 5) is 1.81. The van der Waals surface area contributed by atoms with Gasteiger partial charge in [-0.1, -0.05) is 12.1 Å². The van der Waals surface area contributed by atoms with E-state index in [0.29, 0.717) is 0 Å². The Morgan fingerprint density at radius 3 is 2.28 bits per heavy atom. The lowest BCUT2D eigenvalue weighted by Gasteiger charge is -2.27. The molecule has 1 saturated heterocycles. The highest BCUT2D eigenvalue weighted by atomic mass is 32.2. The lowest BCUT2D eigenvalue weighted by molar-refractivity contribution is 0.234. The van der Waals surface area contributed by atoms with Crippen LogP contribution in [0.25, 0.3) is 0 Å². The molecule has 0 aliphatic carbocycles. The van der Waals surface area contributed by atoms with E-state index in [-0.39, 0.29) is 10.9 Å². The Hall–Kier alpha value is -2.15. The maximum Gasteiger partial charge on any atom is 0.341 e. The minimum absolute atomic E-state index is 0.170. The van der Waals surface area contributed by atoms with Crippen LogP contribution in [0.3, 0.4) is 0 Å². The summed E-state index contributed by atoms with van der Waals surface area (Å²) in [5.74, 6) is -2.62. The zero-order valence-corrected chi connectivity index (χ0v) is 14.5. The Morgan fingerprint density at radius 2 is 1.72 bits per heavy atom. The Labute approximate surface area is 146 Å². The number of halogens is 2. The molecule has 1 atom stereocenters. The zero-order chi connectivity index (χ0) is 18.0. The van der Waals surface area contributed by atoms with Gasteiger partial charge in [-0.25, -0.2) is 8.42 Å². The molecule has 0 bridgehead atoms. The first-order valence-corrected chi connectivity index (χ1v) is 9.51. The summed E-state index contributed by atoms with van der Waals surface area (Å²) in [5.41, 5.74) is 1.97. The molecule has 0 radical (unpaired) electrons. The van der Waals surface area contributed by atoms with Crippen LogP contribution in [0, 0.1) is 0 Å². The van der Waals surface area contributed by atoms with Gasteiger partial charge in [0.1, 0.15) is 5.75 Å². The van der Waals surface area contributed by atoms with Crippen LogP contribution >= 0.6 is 0 Å². The van der Waals surface area contributed by atoms with Gasteiger partial charge < -0.3 is 9.64 Å². The van der Waals surface area contributed by atoms with Crippen LogP contribution in [0.2, 0.25) is 0 Å². The summed E-state index contributed by atoms with van der Waals surface area (Å²) in [6.07, 6.45) is 1.98. The molecule has 2 aromatic carbocycles. The molecule has 1 aliphatic rings. The largest absolute Gasteiger partial charge is 0.497 e. The van der Waals surface area contributed by atoms with Crippen molar-refractivity contribution in [2.45, 2.75) is 29.5 Å². The standard InChI is InChI=1S/C18H19F2NO3S/c1-24-15-8-4-13(5-9-15)17-3-2-12-21(17)14-6-10-16(11-7-14)25(22,23)18(19)20/h4-11,17-18H,2-3,12H2,1H3/t17-/m1/s1. The van der Waals surface area contributed by atoms with Crippen molar-refractivity contribution in [2.75, 3.05) is 18.6 Å². The van der Waals surface area contributed by atoms with E-state index in [4.69, 9.17) is 4.74 Å². The second-order valence-electron chi connectivity index (χ2n) is 5.92. The third kappa shape index (κ3) is 3.46. The van der Waals surface area contributed by atoms with E-state index < -0.39 is 15.6 Å². The topological polar surface area (TPSA) is 46.6 Å². The van der Waals surface area contributed by atoms with Gasteiger partial charge in [0.15, 0.2) is 0 Å². The van der Waals surface area contributed by atoms with Crippen LogP contribution in [-0.2, 0) is 9.84 Å². The molecule has 25 heavy (non-hydrogen) atoms. The van der Waals surface area contributed by atoms with Crippen molar-refractivity contribution in [3.8, 4) is 5.75 Å². The maximum atomic E-state index is 12.6. The van der Waals surface area contributed by atoms with Crippen LogP contribution in [0.1, 0.15) is 24.4 Å². The molecule has 0 unspecified atom stereocenters. The number of methoxy groups -OCH3 is 1. The second-order valence-corrected chi connectivity index (χ2v) is 7.84. The van der Waals surface area contributed by atoms with E-state index in [1.165, 1.54) is 12.1 Å². The minimum atomic E-state index is -4.56. The summed E-state index contributed by atoms with van der Waals surface area (Å²) in [6.45, 7) is 0.831. The number of ether oxygens (including phenoxy) is 1. The number of hydrogen-bond acceptors (Lipinski definition) is 4. The van der Waals surface area contributed by atoms with Crippen molar-refractivity contribution in [1.82, 2.24) is 0 Å². The van der Waals surface area contributed by atoms with Gasteiger partial charge in [0, 0.05) is 12.2 Å². The number of rotatable bonds is 5. The van der Waals surface area contributed by atoms with Crippen LogP contribution in [0.4, 0.5) is 14.5 Å². The van der Waals surface area contributed by atoms with Crippen LogP contribution < -0.4 is 9.64 Å². The maximum absolute atomic E-state index is 12.6. The van der Waals surface area contributed by atoms with Crippen LogP contribution in [0.15, 0.2) is 53.4 Å². The molecule has 3 rings (SSSR count). The predicted molar refractivity (Wildman–Crippen MR) is 91.9 cm³/mol. The fourth-order valence-corrected chi connectivity index (χ4v) is 3.90. The van der Waals surface area contributed by atoms with E-state index in [1.54, 1.807) is 19.2 Å². The van der Waals surface area contributed by atoms with E-state index in [1.807, 2.05) is 24.3 Å². The molecule has 4 nitrogen and oxygen atoms in total. The van der Waals surface area contributed by atoms with E-state index >= 15 is 0 Å². The van der Waals surface area contributed by atoms with Gasteiger partial charge in [-0.15, -0.1) is 0 Å². The number of alkyl halides is 2. The number of benzene rings is 2. The summed E-state index contributed by atoms with van der Waals surface area (Å²) in [7, 11) is -2.94. The first-order chi connectivity index (χ1) is 11.9. The van der Waals surface area contributed by atoms with Crippen LogP contribution in [0.5, 0.6) is 5.75 Å². The summed E-state index contributed by atoms with van der Waals surface area (Å²) < 4.78 is 53.5. The molecule has 0 saturated carbocycles.